The fourth-order valence-electron chi connectivity index (χ4n) is 2.25. The normalized spacial score (nSPS) is 13.9. The van der Waals surface area contributed by atoms with Crippen LogP contribution < -0.4 is 4.90 Å². The van der Waals surface area contributed by atoms with Gasteiger partial charge in [-0.1, -0.05) is 24.3 Å². The number of rotatable bonds is 1. The van der Waals surface area contributed by atoms with Gasteiger partial charge in [0.1, 0.15) is 5.84 Å². The molecule has 0 fully saturated rings. The molecule has 0 atom stereocenters. The number of hydrogen-bond acceptors (Lipinski definition) is 2. The maximum atomic E-state index is 8.22. The summed E-state index contributed by atoms with van der Waals surface area (Å²) in [4.78, 5) is 6.29. The number of benzene rings is 1. The van der Waals surface area contributed by atoms with Crippen molar-refractivity contribution < 1.29 is 0 Å². The van der Waals surface area contributed by atoms with E-state index in [1.165, 1.54) is 5.56 Å². The van der Waals surface area contributed by atoms with Crippen molar-refractivity contribution in [3.8, 4) is 0 Å². The van der Waals surface area contributed by atoms with Gasteiger partial charge in [0.2, 0.25) is 0 Å². The zero-order chi connectivity index (χ0) is 11.8. The number of amidine groups is 1. The average Bonchev–Trinajstić information content (AvgIpc) is 2.68. The highest BCUT2D eigenvalue weighted by Gasteiger charge is 2.25. The maximum absolute atomic E-state index is 8.22. The minimum absolute atomic E-state index is 0.566. The van der Waals surface area contributed by atoms with Crippen LogP contribution in [0.4, 0.5) is 5.69 Å². The molecule has 3 heteroatoms. The molecule has 0 saturated carbocycles. The first-order valence-corrected chi connectivity index (χ1v) is 5.63. The third-order valence-electron chi connectivity index (χ3n) is 3.14. The zero-order valence-corrected chi connectivity index (χ0v) is 9.64. The Labute approximate surface area is 100 Å². The van der Waals surface area contributed by atoms with Gasteiger partial charge in [-0.25, -0.2) is 0 Å². The number of pyridine rings is 1. The van der Waals surface area contributed by atoms with Gasteiger partial charge in [0.05, 0.1) is 17.9 Å². The number of anilines is 1. The lowest BCUT2D eigenvalue weighted by Gasteiger charge is -2.19. The molecule has 84 valence electrons. The van der Waals surface area contributed by atoms with E-state index in [2.05, 4.69) is 11.1 Å². The Balaban J connectivity index is 2.05. The zero-order valence-electron chi connectivity index (χ0n) is 9.64. The fourth-order valence-corrected chi connectivity index (χ4v) is 2.25. The van der Waals surface area contributed by atoms with E-state index in [0.717, 1.165) is 23.5 Å². The van der Waals surface area contributed by atoms with E-state index in [-0.39, 0.29) is 0 Å². The number of hydrogen-bond donors (Lipinski definition) is 1. The Bertz CT molecular complexity index is 590. The molecule has 2 heterocycles. The lowest BCUT2D eigenvalue weighted by atomic mass is 10.1. The highest BCUT2D eigenvalue weighted by Crippen LogP contribution is 2.29. The highest BCUT2D eigenvalue weighted by molar-refractivity contribution is 6.11. The second-order valence-electron chi connectivity index (χ2n) is 4.20. The molecule has 17 heavy (non-hydrogen) atoms. The van der Waals surface area contributed by atoms with E-state index < -0.39 is 0 Å². The fraction of sp³-hybridized carbons (Fsp3) is 0.143. The first-order valence-electron chi connectivity index (χ1n) is 5.63. The van der Waals surface area contributed by atoms with Crippen molar-refractivity contribution in [3.05, 3.63) is 59.4 Å². The van der Waals surface area contributed by atoms with Crippen LogP contribution in [0.1, 0.15) is 16.8 Å². The van der Waals surface area contributed by atoms with Crippen molar-refractivity contribution >= 4 is 11.5 Å². The predicted octanol–water partition coefficient (Wildman–Crippen LogP) is 2.74. The summed E-state index contributed by atoms with van der Waals surface area (Å²) in [7, 11) is 0. The third-order valence-corrected chi connectivity index (χ3v) is 3.14. The minimum Gasteiger partial charge on any atom is -0.320 e. The Morgan fingerprint density at radius 1 is 1.18 bits per heavy atom. The van der Waals surface area contributed by atoms with Crippen LogP contribution in [0.2, 0.25) is 0 Å². The summed E-state index contributed by atoms with van der Waals surface area (Å²) in [6, 6.07) is 12.0. The Hall–Kier alpha value is -2.16. The largest absolute Gasteiger partial charge is 0.320 e. The van der Waals surface area contributed by atoms with Crippen molar-refractivity contribution in [3.63, 3.8) is 0 Å². The van der Waals surface area contributed by atoms with Crippen molar-refractivity contribution in [2.24, 2.45) is 0 Å². The summed E-state index contributed by atoms with van der Waals surface area (Å²) in [5.74, 6) is 0.566. The molecule has 1 aromatic heterocycles. The Kier molecular flexibility index (Phi) is 2.18. The summed E-state index contributed by atoms with van der Waals surface area (Å²) in [5, 5.41) is 8.22. The Morgan fingerprint density at radius 3 is 2.76 bits per heavy atom. The molecule has 0 radical (unpaired) electrons. The number of nitrogens with one attached hydrogen (secondary N) is 1. The molecule has 3 rings (SSSR count). The lowest BCUT2D eigenvalue weighted by Crippen LogP contribution is -2.24. The molecule has 1 aliphatic heterocycles. The average molecular weight is 223 g/mol. The van der Waals surface area contributed by atoms with Crippen LogP contribution in [-0.2, 0) is 6.54 Å². The molecular formula is C14H13N3. The van der Waals surface area contributed by atoms with Crippen LogP contribution >= 0.6 is 0 Å². The minimum atomic E-state index is 0.566. The van der Waals surface area contributed by atoms with Crippen molar-refractivity contribution in [2.75, 3.05) is 4.90 Å². The molecule has 1 N–H and O–H groups in total. The number of fused-ring (bicyclic) bond motifs is 1. The van der Waals surface area contributed by atoms with E-state index in [1.807, 2.05) is 42.2 Å². The molecular weight excluding hydrogens is 210 g/mol. The summed E-state index contributed by atoms with van der Waals surface area (Å²) in [5.41, 5.74) is 4.22. The monoisotopic (exact) mass is 223 g/mol. The van der Waals surface area contributed by atoms with Gasteiger partial charge in [0, 0.05) is 11.8 Å². The smallest absolute Gasteiger partial charge is 0.133 e. The van der Waals surface area contributed by atoms with Crippen molar-refractivity contribution in [2.45, 2.75) is 13.5 Å². The van der Waals surface area contributed by atoms with Gasteiger partial charge >= 0.3 is 0 Å². The first-order chi connectivity index (χ1) is 8.27. The van der Waals surface area contributed by atoms with Gasteiger partial charge in [-0.05, 0) is 24.6 Å². The quantitative estimate of drug-likeness (QED) is 0.807. The molecule has 1 aliphatic rings. The molecule has 3 nitrogen and oxygen atoms in total. The van der Waals surface area contributed by atoms with Gasteiger partial charge < -0.3 is 4.90 Å². The second-order valence-corrected chi connectivity index (χ2v) is 4.20. The molecule has 0 amide bonds. The molecule has 1 aromatic carbocycles. The van der Waals surface area contributed by atoms with Crippen molar-refractivity contribution in [1.82, 2.24) is 4.98 Å². The van der Waals surface area contributed by atoms with Crippen LogP contribution in [0.15, 0.2) is 42.6 Å². The van der Waals surface area contributed by atoms with Gasteiger partial charge in [-0.3, -0.25) is 10.4 Å². The van der Waals surface area contributed by atoms with Crippen molar-refractivity contribution in [1.29, 1.82) is 5.41 Å². The SMILES string of the molecule is Cc1ncccc1N1Cc2ccccc2C1=N. The van der Waals surface area contributed by atoms with Gasteiger partial charge in [-0.15, -0.1) is 0 Å². The first kappa shape index (κ1) is 10.0. The molecule has 0 saturated heterocycles. The number of aryl methyl sites for hydroxylation is 1. The number of nitrogens with zero attached hydrogens (tertiary/aromatic N) is 2. The van der Waals surface area contributed by atoms with Gasteiger partial charge in [-0.2, -0.15) is 0 Å². The van der Waals surface area contributed by atoms with Crippen LogP contribution in [0.5, 0.6) is 0 Å². The number of aromatic nitrogens is 1. The molecule has 0 unspecified atom stereocenters. The summed E-state index contributed by atoms with van der Waals surface area (Å²) in [6.45, 7) is 2.74. The van der Waals surface area contributed by atoms with Crippen LogP contribution in [-0.4, -0.2) is 10.8 Å². The van der Waals surface area contributed by atoms with E-state index in [0.29, 0.717) is 5.84 Å². The standard InChI is InChI=1S/C14H13N3/c1-10-13(7-4-8-16-10)17-9-11-5-2-3-6-12(11)14(17)15/h2-8,15H,9H2,1H3. The van der Waals surface area contributed by atoms with Crippen LogP contribution in [0, 0.1) is 12.3 Å². The lowest BCUT2D eigenvalue weighted by molar-refractivity contribution is 1.02. The van der Waals surface area contributed by atoms with E-state index in [1.54, 1.807) is 6.20 Å². The summed E-state index contributed by atoms with van der Waals surface area (Å²) >= 11 is 0. The third kappa shape index (κ3) is 1.51. The maximum Gasteiger partial charge on any atom is 0.133 e. The van der Waals surface area contributed by atoms with E-state index >= 15 is 0 Å². The summed E-state index contributed by atoms with van der Waals surface area (Å²) in [6.07, 6.45) is 1.78. The highest BCUT2D eigenvalue weighted by atomic mass is 15.2. The van der Waals surface area contributed by atoms with E-state index in [4.69, 9.17) is 5.41 Å². The summed E-state index contributed by atoms with van der Waals surface area (Å²) < 4.78 is 0. The topological polar surface area (TPSA) is 40.0 Å². The predicted molar refractivity (Wildman–Crippen MR) is 68.4 cm³/mol. The Morgan fingerprint density at radius 2 is 2.00 bits per heavy atom. The molecule has 2 aromatic rings. The molecule has 0 aliphatic carbocycles. The molecule has 0 bridgehead atoms. The van der Waals surface area contributed by atoms with Crippen LogP contribution in [0.25, 0.3) is 0 Å². The second kappa shape index (κ2) is 3.70. The van der Waals surface area contributed by atoms with Crippen LogP contribution in [0.3, 0.4) is 0 Å². The molecule has 0 spiro atoms. The van der Waals surface area contributed by atoms with E-state index in [9.17, 15) is 0 Å². The van der Waals surface area contributed by atoms with Gasteiger partial charge in [0.15, 0.2) is 0 Å². The van der Waals surface area contributed by atoms with Gasteiger partial charge in [0.25, 0.3) is 0 Å².